The molecule has 0 spiro atoms. The van der Waals surface area contributed by atoms with E-state index in [1.54, 1.807) is 4.90 Å². The molecule has 2 heterocycles. The number of carbonyl (C=O) groups excluding carboxylic acids is 2. The molecular weight excluding hydrogens is 284 g/mol. The third-order valence-electron chi connectivity index (χ3n) is 4.04. The highest BCUT2D eigenvalue weighted by Gasteiger charge is 2.44. The van der Waals surface area contributed by atoms with E-state index in [9.17, 15) is 14.9 Å². The van der Waals surface area contributed by atoms with Gasteiger partial charge in [-0.2, -0.15) is 5.26 Å². The Kier molecular flexibility index (Phi) is 4.45. The third-order valence-corrected chi connectivity index (χ3v) is 4.04. The first-order valence-corrected chi connectivity index (χ1v) is 7.48. The second kappa shape index (κ2) is 5.99. The molecule has 6 nitrogen and oxygen atoms in total. The zero-order chi connectivity index (χ0) is 16.5. The maximum atomic E-state index is 12.3. The standard InChI is InChI=1S/C16H22N2O4/c1-16(2,3)22-15(20)18-11-5-6-12(18)8-10(7-11)13(9-17)14(19)21-4/h11-12H,5-8H2,1-4H3/t11-,12+. The van der Waals surface area contributed by atoms with E-state index < -0.39 is 11.6 Å². The number of esters is 1. The van der Waals surface area contributed by atoms with E-state index in [-0.39, 0.29) is 23.8 Å². The molecule has 2 aliphatic heterocycles. The maximum absolute atomic E-state index is 12.3. The minimum atomic E-state index is -0.595. The summed E-state index contributed by atoms with van der Waals surface area (Å²) in [6.45, 7) is 5.52. The third kappa shape index (κ3) is 3.24. The number of hydrogen-bond acceptors (Lipinski definition) is 5. The summed E-state index contributed by atoms with van der Waals surface area (Å²) in [6, 6.07) is 1.94. The summed E-state index contributed by atoms with van der Waals surface area (Å²) >= 11 is 0. The molecule has 1 amide bonds. The lowest BCUT2D eigenvalue weighted by Gasteiger charge is -2.37. The number of piperidine rings is 1. The summed E-state index contributed by atoms with van der Waals surface area (Å²) in [4.78, 5) is 25.8. The molecule has 0 radical (unpaired) electrons. The van der Waals surface area contributed by atoms with Gasteiger partial charge in [0.05, 0.1) is 7.11 Å². The van der Waals surface area contributed by atoms with Crippen molar-refractivity contribution in [2.24, 2.45) is 0 Å². The molecule has 2 fully saturated rings. The highest BCUT2D eigenvalue weighted by molar-refractivity contribution is 5.93. The van der Waals surface area contributed by atoms with Crippen molar-refractivity contribution >= 4 is 12.1 Å². The van der Waals surface area contributed by atoms with Gasteiger partial charge in [-0.05, 0) is 52.0 Å². The van der Waals surface area contributed by atoms with Crippen LogP contribution >= 0.6 is 0 Å². The van der Waals surface area contributed by atoms with Crippen LogP contribution in [0.25, 0.3) is 0 Å². The van der Waals surface area contributed by atoms with Gasteiger partial charge >= 0.3 is 12.1 Å². The largest absolute Gasteiger partial charge is 0.465 e. The van der Waals surface area contributed by atoms with Crippen molar-refractivity contribution in [2.75, 3.05) is 7.11 Å². The molecule has 0 unspecified atom stereocenters. The van der Waals surface area contributed by atoms with E-state index in [1.165, 1.54) is 7.11 Å². The molecule has 2 saturated heterocycles. The molecule has 0 aromatic carbocycles. The van der Waals surface area contributed by atoms with Crippen molar-refractivity contribution in [3.8, 4) is 6.07 Å². The van der Waals surface area contributed by atoms with Gasteiger partial charge in [0.25, 0.3) is 0 Å². The second-order valence-corrected chi connectivity index (χ2v) is 6.76. The molecule has 0 N–H and O–H groups in total. The summed E-state index contributed by atoms with van der Waals surface area (Å²) in [5.41, 5.74) is 0.348. The zero-order valence-electron chi connectivity index (χ0n) is 13.5. The average molecular weight is 306 g/mol. The van der Waals surface area contributed by atoms with E-state index in [0.29, 0.717) is 12.8 Å². The average Bonchev–Trinajstić information content (AvgIpc) is 2.69. The molecule has 0 aromatic rings. The van der Waals surface area contributed by atoms with Crippen molar-refractivity contribution in [1.29, 1.82) is 5.26 Å². The van der Waals surface area contributed by atoms with Crippen LogP contribution in [0, 0.1) is 11.3 Å². The van der Waals surface area contributed by atoms with Crippen LogP contribution < -0.4 is 0 Å². The van der Waals surface area contributed by atoms with Crippen LogP contribution in [0.5, 0.6) is 0 Å². The number of ether oxygens (including phenoxy) is 2. The lowest BCUT2D eigenvalue weighted by molar-refractivity contribution is -0.135. The van der Waals surface area contributed by atoms with Gasteiger partial charge in [-0.15, -0.1) is 0 Å². The van der Waals surface area contributed by atoms with E-state index >= 15 is 0 Å². The molecular formula is C16H22N2O4. The van der Waals surface area contributed by atoms with Crippen LogP contribution in [0.4, 0.5) is 4.79 Å². The Morgan fingerprint density at radius 1 is 1.23 bits per heavy atom. The molecule has 120 valence electrons. The monoisotopic (exact) mass is 306 g/mol. The predicted octanol–water partition coefficient (Wildman–Crippen LogP) is 2.54. The Balaban J connectivity index is 2.19. The summed E-state index contributed by atoms with van der Waals surface area (Å²) in [5, 5.41) is 9.19. The SMILES string of the molecule is COC(=O)C(C#N)=C1C[C@H]2CC[C@@H](C1)N2C(=O)OC(C)(C)C. The number of methoxy groups -OCH3 is 1. The van der Waals surface area contributed by atoms with Crippen LogP contribution in [0.15, 0.2) is 11.1 Å². The van der Waals surface area contributed by atoms with Gasteiger partial charge in [0.15, 0.2) is 0 Å². The molecule has 2 aliphatic rings. The first-order valence-electron chi connectivity index (χ1n) is 7.48. The lowest BCUT2D eigenvalue weighted by Crippen LogP contribution is -2.47. The zero-order valence-corrected chi connectivity index (χ0v) is 13.5. The van der Waals surface area contributed by atoms with Crippen molar-refractivity contribution in [3.05, 3.63) is 11.1 Å². The first-order chi connectivity index (χ1) is 10.3. The normalized spacial score (nSPS) is 26.2. The van der Waals surface area contributed by atoms with Gasteiger partial charge in [0.2, 0.25) is 0 Å². The number of nitriles is 1. The summed E-state index contributed by atoms with van der Waals surface area (Å²) in [7, 11) is 1.27. The van der Waals surface area contributed by atoms with Crippen LogP contribution in [-0.2, 0) is 14.3 Å². The number of hydrogen-bond donors (Lipinski definition) is 0. The van der Waals surface area contributed by atoms with Gasteiger partial charge < -0.3 is 14.4 Å². The minimum absolute atomic E-state index is 0.00314. The van der Waals surface area contributed by atoms with Crippen molar-refractivity contribution in [3.63, 3.8) is 0 Å². The fourth-order valence-corrected chi connectivity index (χ4v) is 3.20. The molecule has 0 aromatic heterocycles. The number of rotatable bonds is 1. The summed E-state index contributed by atoms with van der Waals surface area (Å²) in [6.07, 6.45) is 2.50. The molecule has 2 rings (SSSR count). The highest BCUT2D eigenvalue weighted by Crippen LogP contribution is 2.40. The fraction of sp³-hybridized carbons (Fsp3) is 0.688. The summed E-state index contributed by atoms with van der Waals surface area (Å²) < 4.78 is 10.1. The van der Waals surface area contributed by atoms with Gasteiger partial charge in [0, 0.05) is 12.1 Å². The van der Waals surface area contributed by atoms with Gasteiger partial charge in [-0.1, -0.05) is 0 Å². The molecule has 2 atom stereocenters. The van der Waals surface area contributed by atoms with Crippen LogP contribution in [0.3, 0.4) is 0 Å². The minimum Gasteiger partial charge on any atom is -0.465 e. The van der Waals surface area contributed by atoms with E-state index in [4.69, 9.17) is 4.74 Å². The molecule has 22 heavy (non-hydrogen) atoms. The Labute approximate surface area is 130 Å². The molecule has 2 bridgehead atoms. The predicted molar refractivity (Wildman–Crippen MR) is 78.8 cm³/mol. The van der Waals surface area contributed by atoms with Crippen molar-refractivity contribution in [1.82, 2.24) is 4.90 Å². The number of carbonyl (C=O) groups is 2. The molecule has 0 aliphatic carbocycles. The number of amides is 1. The van der Waals surface area contributed by atoms with Crippen LogP contribution in [-0.4, -0.2) is 41.8 Å². The Morgan fingerprint density at radius 2 is 1.77 bits per heavy atom. The molecule has 6 heteroatoms. The van der Waals surface area contributed by atoms with E-state index in [0.717, 1.165) is 18.4 Å². The van der Waals surface area contributed by atoms with Crippen LogP contribution in [0.1, 0.15) is 46.5 Å². The lowest BCUT2D eigenvalue weighted by atomic mass is 9.93. The number of nitrogens with zero attached hydrogens (tertiary/aromatic N) is 2. The van der Waals surface area contributed by atoms with Crippen molar-refractivity contribution < 1.29 is 19.1 Å². The van der Waals surface area contributed by atoms with Crippen molar-refractivity contribution in [2.45, 2.75) is 64.1 Å². The highest BCUT2D eigenvalue weighted by atomic mass is 16.6. The smallest absolute Gasteiger partial charge is 0.410 e. The van der Waals surface area contributed by atoms with Crippen LogP contribution in [0.2, 0.25) is 0 Å². The Bertz CT molecular complexity index is 537. The van der Waals surface area contributed by atoms with E-state index in [1.807, 2.05) is 26.8 Å². The van der Waals surface area contributed by atoms with Gasteiger partial charge in [-0.3, -0.25) is 0 Å². The summed E-state index contributed by atoms with van der Waals surface area (Å²) in [5.74, 6) is -0.595. The molecule has 0 saturated carbocycles. The van der Waals surface area contributed by atoms with Gasteiger partial charge in [-0.25, -0.2) is 9.59 Å². The Hall–Kier alpha value is -2.03. The Morgan fingerprint density at radius 3 is 2.18 bits per heavy atom. The van der Waals surface area contributed by atoms with Gasteiger partial charge in [0.1, 0.15) is 17.2 Å². The topological polar surface area (TPSA) is 79.6 Å². The van der Waals surface area contributed by atoms with E-state index in [2.05, 4.69) is 4.74 Å². The second-order valence-electron chi connectivity index (χ2n) is 6.76. The first kappa shape index (κ1) is 16.3. The fourth-order valence-electron chi connectivity index (χ4n) is 3.20. The number of fused-ring (bicyclic) bond motifs is 2. The maximum Gasteiger partial charge on any atom is 0.410 e. The quantitative estimate of drug-likeness (QED) is 0.422.